The molecule has 22 heavy (non-hydrogen) atoms. The number of hydrogen-bond donors (Lipinski definition) is 0. The van der Waals surface area contributed by atoms with Crippen molar-refractivity contribution >= 4 is 11.9 Å². The van der Waals surface area contributed by atoms with Crippen molar-refractivity contribution in [1.29, 1.82) is 0 Å². The van der Waals surface area contributed by atoms with Gasteiger partial charge in [-0.2, -0.15) is 0 Å². The first-order chi connectivity index (χ1) is 10.6. The van der Waals surface area contributed by atoms with Crippen molar-refractivity contribution in [3.63, 3.8) is 0 Å². The van der Waals surface area contributed by atoms with E-state index in [-0.39, 0.29) is 11.9 Å². The van der Waals surface area contributed by atoms with Gasteiger partial charge in [0.25, 0.3) is 5.91 Å². The van der Waals surface area contributed by atoms with Crippen LogP contribution in [0.1, 0.15) is 28.4 Å². The van der Waals surface area contributed by atoms with Crippen LogP contribution in [-0.4, -0.2) is 23.3 Å². The molecule has 0 spiro atoms. The predicted octanol–water partition coefficient (Wildman–Crippen LogP) is 2.81. The second-order valence-corrected chi connectivity index (χ2v) is 5.36. The maximum atomic E-state index is 12.6. The van der Waals surface area contributed by atoms with E-state index in [0.29, 0.717) is 17.9 Å². The highest BCUT2D eigenvalue weighted by Gasteiger charge is 2.21. The first-order valence-electron chi connectivity index (χ1n) is 7.28. The van der Waals surface area contributed by atoms with Gasteiger partial charge in [-0.15, -0.1) is 0 Å². The second-order valence-electron chi connectivity index (χ2n) is 5.36. The van der Waals surface area contributed by atoms with Crippen LogP contribution in [-0.2, 0) is 17.8 Å². The molecule has 0 saturated heterocycles. The highest BCUT2D eigenvalue weighted by atomic mass is 16.5. The van der Waals surface area contributed by atoms with Gasteiger partial charge in [0.1, 0.15) is 5.75 Å². The molecule has 1 amide bonds. The number of esters is 1. The van der Waals surface area contributed by atoms with Crippen LogP contribution in [0.5, 0.6) is 5.75 Å². The minimum atomic E-state index is -0.369. The average molecular weight is 295 g/mol. The molecule has 0 fully saturated rings. The van der Waals surface area contributed by atoms with E-state index in [4.69, 9.17) is 4.74 Å². The Kier molecular flexibility index (Phi) is 3.92. The van der Waals surface area contributed by atoms with Crippen LogP contribution in [0.4, 0.5) is 0 Å². The van der Waals surface area contributed by atoms with Crippen molar-refractivity contribution in [1.82, 2.24) is 4.90 Å². The lowest BCUT2D eigenvalue weighted by Gasteiger charge is -2.29. The molecule has 0 atom stereocenters. The van der Waals surface area contributed by atoms with E-state index in [1.165, 1.54) is 18.1 Å². The third-order valence-electron chi connectivity index (χ3n) is 3.78. The highest BCUT2D eigenvalue weighted by molar-refractivity contribution is 5.94. The molecular weight excluding hydrogens is 278 g/mol. The van der Waals surface area contributed by atoms with E-state index < -0.39 is 0 Å². The summed E-state index contributed by atoms with van der Waals surface area (Å²) in [7, 11) is 0. The topological polar surface area (TPSA) is 46.6 Å². The first kappa shape index (κ1) is 14.3. The number of rotatable bonds is 2. The first-order valence-corrected chi connectivity index (χ1v) is 7.28. The third-order valence-corrected chi connectivity index (χ3v) is 3.78. The molecule has 2 aromatic rings. The maximum Gasteiger partial charge on any atom is 0.308 e. The second kappa shape index (κ2) is 6.02. The van der Waals surface area contributed by atoms with Gasteiger partial charge in [0, 0.05) is 25.6 Å². The number of carbonyl (C=O) groups is 2. The van der Waals surface area contributed by atoms with E-state index in [9.17, 15) is 9.59 Å². The summed E-state index contributed by atoms with van der Waals surface area (Å²) in [4.78, 5) is 25.3. The largest absolute Gasteiger partial charge is 0.427 e. The summed E-state index contributed by atoms with van der Waals surface area (Å²) in [6.07, 6.45) is 0.882. The van der Waals surface area contributed by atoms with Crippen LogP contribution in [0.15, 0.2) is 48.5 Å². The lowest BCUT2D eigenvalue weighted by molar-refractivity contribution is -0.131. The molecule has 1 aliphatic rings. The van der Waals surface area contributed by atoms with Crippen molar-refractivity contribution in [2.45, 2.75) is 19.9 Å². The van der Waals surface area contributed by atoms with Gasteiger partial charge in [-0.05, 0) is 41.8 Å². The SMILES string of the molecule is CC(=O)Oc1ccc(C(=O)N2CCc3ccccc3C2)cc1. The molecule has 1 heterocycles. The summed E-state index contributed by atoms with van der Waals surface area (Å²) in [5.41, 5.74) is 3.13. The highest BCUT2D eigenvalue weighted by Crippen LogP contribution is 2.21. The standard InChI is InChI=1S/C18H17NO3/c1-13(20)22-17-8-6-15(7-9-17)18(21)19-11-10-14-4-2-3-5-16(14)12-19/h2-9H,10-12H2,1H3. The Balaban J connectivity index is 1.73. The molecule has 3 rings (SSSR count). The van der Waals surface area contributed by atoms with E-state index in [2.05, 4.69) is 12.1 Å². The van der Waals surface area contributed by atoms with Crippen molar-refractivity contribution in [2.24, 2.45) is 0 Å². The normalized spacial score (nSPS) is 13.4. The molecular formula is C18H17NO3. The summed E-state index contributed by atoms with van der Waals surface area (Å²) < 4.78 is 4.98. The molecule has 2 aromatic carbocycles. The van der Waals surface area contributed by atoms with Gasteiger partial charge in [-0.25, -0.2) is 0 Å². The van der Waals surface area contributed by atoms with Crippen molar-refractivity contribution in [3.05, 3.63) is 65.2 Å². The predicted molar refractivity (Wildman–Crippen MR) is 82.6 cm³/mol. The molecule has 0 bridgehead atoms. The van der Waals surface area contributed by atoms with Crippen LogP contribution in [0.25, 0.3) is 0 Å². The minimum absolute atomic E-state index is 0.00359. The van der Waals surface area contributed by atoms with Gasteiger partial charge in [0.05, 0.1) is 0 Å². The number of ether oxygens (including phenoxy) is 1. The zero-order valence-electron chi connectivity index (χ0n) is 12.4. The Morgan fingerprint density at radius 3 is 2.36 bits per heavy atom. The van der Waals surface area contributed by atoms with Crippen LogP contribution < -0.4 is 4.74 Å². The zero-order valence-corrected chi connectivity index (χ0v) is 12.4. The van der Waals surface area contributed by atoms with Gasteiger partial charge in [0.15, 0.2) is 0 Å². The molecule has 0 radical (unpaired) electrons. The lowest BCUT2D eigenvalue weighted by Crippen LogP contribution is -2.35. The number of carbonyl (C=O) groups excluding carboxylic acids is 2. The van der Waals surface area contributed by atoms with Gasteiger partial charge in [-0.1, -0.05) is 24.3 Å². The third kappa shape index (κ3) is 3.01. The summed E-state index contributed by atoms with van der Waals surface area (Å²) in [6, 6.07) is 14.9. The lowest BCUT2D eigenvalue weighted by atomic mass is 9.99. The average Bonchev–Trinajstić information content (AvgIpc) is 2.54. The number of fused-ring (bicyclic) bond motifs is 1. The van der Waals surface area contributed by atoms with E-state index in [1.54, 1.807) is 24.3 Å². The van der Waals surface area contributed by atoms with Gasteiger partial charge in [0.2, 0.25) is 0 Å². The number of benzene rings is 2. The van der Waals surface area contributed by atoms with Crippen LogP contribution in [0.3, 0.4) is 0 Å². The minimum Gasteiger partial charge on any atom is -0.427 e. The molecule has 4 nitrogen and oxygen atoms in total. The Labute approximate surface area is 129 Å². The zero-order chi connectivity index (χ0) is 15.5. The van der Waals surface area contributed by atoms with E-state index in [0.717, 1.165) is 13.0 Å². The Morgan fingerprint density at radius 1 is 1.00 bits per heavy atom. The Bertz CT molecular complexity index is 707. The number of nitrogens with zero attached hydrogens (tertiary/aromatic N) is 1. The van der Waals surface area contributed by atoms with Crippen LogP contribution in [0, 0.1) is 0 Å². The molecule has 0 aromatic heterocycles. The fraction of sp³-hybridized carbons (Fsp3) is 0.222. The van der Waals surface area contributed by atoms with Gasteiger partial charge < -0.3 is 9.64 Å². The monoisotopic (exact) mass is 295 g/mol. The smallest absolute Gasteiger partial charge is 0.308 e. The van der Waals surface area contributed by atoms with Crippen molar-refractivity contribution < 1.29 is 14.3 Å². The Hall–Kier alpha value is -2.62. The number of hydrogen-bond acceptors (Lipinski definition) is 3. The van der Waals surface area contributed by atoms with Crippen molar-refractivity contribution in [2.75, 3.05) is 6.54 Å². The van der Waals surface area contributed by atoms with Crippen LogP contribution in [0.2, 0.25) is 0 Å². The molecule has 0 unspecified atom stereocenters. The van der Waals surface area contributed by atoms with E-state index in [1.807, 2.05) is 17.0 Å². The number of amides is 1. The molecule has 0 saturated carbocycles. The fourth-order valence-electron chi connectivity index (χ4n) is 2.68. The quantitative estimate of drug-likeness (QED) is 0.632. The summed E-state index contributed by atoms with van der Waals surface area (Å²) in [5.74, 6) is 0.0867. The van der Waals surface area contributed by atoms with Crippen LogP contribution >= 0.6 is 0 Å². The van der Waals surface area contributed by atoms with Gasteiger partial charge in [-0.3, -0.25) is 9.59 Å². The molecule has 112 valence electrons. The Morgan fingerprint density at radius 2 is 1.68 bits per heavy atom. The summed E-state index contributed by atoms with van der Waals surface area (Å²) in [5, 5.41) is 0. The summed E-state index contributed by atoms with van der Waals surface area (Å²) in [6.45, 7) is 2.71. The fourth-order valence-corrected chi connectivity index (χ4v) is 2.68. The van der Waals surface area contributed by atoms with Gasteiger partial charge >= 0.3 is 5.97 Å². The van der Waals surface area contributed by atoms with E-state index >= 15 is 0 Å². The molecule has 0 N–H and O–H groups in total. The molecule has 4 heteroatoms. The molecule has 0 aliphatic carbocycles. The molecule has 1 aliphatic heterocycles. The summed E-state index contributed by atoms with van der Waals surface area (Å²) >= 11 is 0. The maximum absolute atomic E-state index is 12.6. The van der Waals surface area contributed by atoms with Crippen molar-refractivity contribution in [3.8, 4) is 5.75 Å².